The number of nitrogens with zero attached hydrogens (tertiary/aromatic N) is 3. The Morgan fingerprint density at radius 3 is 2.81 bits per heavy atom. The fourth-order valence-electron chi connectivity index (χ4n) is 2.84. The van der Waals surface area contributed by atoms with Gasteiger partial charge in [-0.15, -0.1) is 0 Å². The molecule has 0 atom stereocenters. The van der Waals surface area contributed by atoms with Crippen molar-refractivity contribution in [1.82, 2.24) is 14.8 Å². The number of thiazole rings is 1. The Kier molecular flexibility index (Phi) is 7.28. The van der Waals surface area contributed by atoms with Crippen molar-refractivity contribution in [2.24, 2.45) is 0 Å². The van der Waals surface area contributed by atoms with Crippen molar-refractivity contribution in [2.45, 2.75) is 13.8 Å². The molecule has 1 saturated heterocycles. The van der Waals surface area contributed by atoms with E-state index in [9.17, 15) is 4.79 Å². The number of anilines is 1. The minimum Gasteiger partial charge on any atom is -0.494 e. The molecule has 1 aliphatic rings. The highest BCUT2D eigenvalue weighted by Gasteiger charge is 2.19. The van der Waals surface area contributed by atoms with Crippen LogP contribution in [0.4, 0.5) is 5.13 Å². The fourth-order valence-corrected chi connectivity index (χ4v) is 4.80. The molecule has 1 N–H and O–H groups in total. The highest BCUT2D eigenvalue weighted by molar-refractivity contribution is 8.23. The van der Waals surface area contributed by atoms with Crippen LogP contribution in [0.25, 0.3) is 10.2 Å². The lowest BCUT2D eigenvalue weighted by Crippen LogP contribution is -2.47. The average Bonchev–Trinajstić information content (AvgIpc) is 3.08. The standard InChI is InChI=1S/C18H24N4O2S3/c1-3-21-7-9-22(10-8-21)18(25)26-12-16(23)20-17-19-14-6-5-13(24-4-2)11-15(14)27-17/h5-6,11H,3-4,7-10,12H2,1-2H3,(H,19,20,23). The number of fused-ring (bicyclic) bond motifs is 1. The summed E-state index contributed by atoms with van der Waals surface area (Å²) in [4.78, 5) is 21.3. The van der Waals surface area contributed by atoms with Gasteiger partial charge in [0, 0.05) is 26.2 Å². The van der Waals surface area contributed by atoms with Crippen LogP contribution in [-0.4, -0.2) is 70.1 Å². The summed E-state index contributed by atoms with van der Waals surface area (Å²) in [6.45, 7) is 9.74. The van der Waals surface area contributed by atoms with E-state index in [-0.39, 0.29) is 5.91 Å². The van der Waals surface area contributed by atoms with E-state index < -0.39 is 0 Å². The summed E-state index contributed by atoms with van der Waals surface area (Å²) < 4.78 is 7.30. The maximum absolute atomic E-state index is 12.3. The Balaban J connectivity index is 1.49. The van der Waals surface area contributed by atoms with Crippen molar-refractivity contribution >= 4 is 60.9 Å². The molecule has 6 nitrogen and oxygen atoms in total. The third-order valence-corrected chi connectivity index (χ3v) is 6.78. The number of aromatic nitrogens is 1. The summed E-state index contributed by atoms with van der Waals surface area (Å²) in [6.07, 6.45) is 0. The molecule has 1 aromatic carbocycles. The molecule has 0 aliphatic carbocycles. The number of hydrogen-bond donors (Lipinski definition) is 1. The minimum absolute atomic E-state index is 0.0846. The van der Waals surface area contributed by atoms with Crippen molar-refractivity contribution in [3.05, 3.63) is 18.2 Å². The second-order valence-corrected chi connectivity index (χ2v) is 8.75. The lowest BCUT2D eigenvalue weighted by molar-refractivity contribution is -0.113. The summed E-state index contributed by atoms with van der Waals surface area (Å²) in [5, 5.41) is 3.48. The molecule has 9 heteroatoms. The van der Waals surface area contributed by atoms with Crippen molar-refractivity contribution in [3.8, 4) is 5.75 Å². The van der Waals surface area contributed by atoms with Crippen LogP contribution in [0.2, 0.25) is 0 Å². The summed E-state index contributed by atoms with van der Waals surface area (Å²) in [6, 6.07) is 5.75. The highest BCUT2D eigenvalue weighted by Crippen LogP contribution is 2.29. The molecule has 2 aromatic rings. The molecular formula is C18H24N4O2S3. The van der Waals surface area contributed by atoms with Crippen LogP contribution in [0.5, 0.6) is 5.75 Å². The molecule has 27 heavy (non-hydrogen) atoms. The normalized spacial score (nSPS) is 15.1. The molecule has 0 radical (unpaired) electrons. The number of thiocarbonyl (C=S) groups is 1. The second kappa shape index (κ2) is 9.68. The van der Waals surface area contributed by atoms with Gasteiger partial charge in [0.1, 0.15) is 10.1 Å². The van der Waals surface area contributed by atoms with Crippen LogP contribution in [0.1, 0.15) is 13.8 Å². The van der Waals surface area contributed by atoms with Gasteiger partial charge >= 0.3 is 0 Å². The number of ether oxygens (including phenoxy) is 1. The van der Waals surface area contributed by atoms with E-state index in [2.05, 4.69) is 27.0 Å². The Hall–Kier alpha value is -1.42. The SMILES string of the molecule is CCOc1ccc2nc(NC(=O)CSC(=S)N3CCN(CC)CC3)sc2c1. The quantitative estimate of drug-likeness (QED) is 0.714. The van der Waals surface area contributed by atoms with E-state index in [1.54, 1.807) is 0 Å². The van der Waals surface area contributed by atoms with Crippen molar-refractivity contribution in [1.29, 1.82) is 0 Å². The maximum atomic E-state index is 12.3. The van der Waals surface area contributed by atoms with Gasteiger partial charge in [-0.1, -0.05) is 42.2 Å². The molecule has 3 rings (SSSR count). The number of carbonyl (C=O) groups excluding carboxylic acids is 1. The topological polar surface area (TPSA) is 57.7 Å². The smallest absolute Gasteiger partial charge is 0.236 e. The Labute approximate surface area is 173 Å². The zero-order chi connectivity index (χ0) is 19.2. The van der Waals surface area contributed by atoms with Crippen LogP contribution >= 0.6 is 35.3 Å². The fraction of sp³-hybridized carbons (Fsp3) is 0.500. The molecule has 2 heterocycles. The molecule has 1 aliphatic heterocycles. The van der Waals surface area contributed by atoms with E-state index >= 15 is 0 Å². The molecule has 1 aromatic heterocycles. The third-order valence-electron chi connectivity index (χ3n) is 4.32. The van der Waals surface area contributed by atoms with Crippen molar-refractivity contribution < 1.29 is 9.53 Å². The third kappa shape index (κ3) is 5.54. The van der Waals surface area contributed by atoms with Gasteiger partial charge in [0.05, 0.1) is 22.6 Å². The van der Waals surface area contributed by atoms with E-state index in [4.69, 9.17) is 17.0 Å². The van der Waals surface area contributed by atoms with Crippen LogP contribution in [0.3, 0.4) is 0 Å². The number of likely N-dealkylation sites (N-methyl/N-ethyl adjacent to an activating group) is 1. The number of carbonyl (C=O) groups is 1. The summed E-state index contributed by atoms with van der Waals surface area (Å²) in [5.74, 6) is 1.03. The van der Waals surface area contributed by atoms with Gasteiger partial charge in [0.15, 0.2) is 5.13 Å². The molecule has 1 fully saturated rings. The zero-order valence-electron chi connectivity index (χ0n) is 15.6. The Morgan fingerprint density at radius 1 is 1.33 bits per heavy atom. The number of amides is 1. The van der Waals surface area contributed by atoms with Crippen LogP contribution in [0, 0.1) is 0 Å². The van der Waals surface area contributed by atoms with Crippen LogP contribution < -0.4 is 10.1 Å². The highest BCUT2D eigenvalue weighted by atomic mass is 32.2. The Morgan fingerprint density at radius 2 is 2.11 bits per heavy atom. The molecule has 0 spiro atoms. The number of thioether (sulfide) groups is 1. The molecular weight excluding hydrogens is 400 g/mol. The molecule has 0 unspecified atom stereocenters. The van der Waals surface area contributed by atoms with Crippen molar-refractivity contribution in [3.63, 3.8) is 0 Å². The number of benzene rings is 1. The summed E-state index contributed by atoms with van der Waals surface area (Å²) >= 11 is 8.36. The minimum atomic E-state index is -0.0846. The van der Waals surface area contributed by atoms with Gasteiger partial charge in [0.2, 0.25) is 5.91 Å². The predicted octanol–water partition coefficient (Wildman–Crippen LogP) is 3.29. The van der Waals surface area contributed by atoms with Gasteiger partial charge in [-0.3, -0.25) is 4.79 Å². The first-order chi connectivity index (χ1) is 13.1. The van der Waals surface area contributed by atoms with Crippen LogP contribution in [-0.2, 0) is 4.79 Å². The van der Waals surface area contributed by atoms with Gasteiger partial charge in [-0.25, -0.2) is 4.98 Å². The average molecular weight is 425 g/mol. The van der Waals surface area contributed by atoms with E-state index in [1.807, 2.05) is 25.1 Å². The lowest BCUT2D eigenvalue weighted by atomic mass is 10.3. The molecule has 146 valence electrons. The first-order valence-electron chi connectivity index (χ1n) is 9.06. The van der Waals surface area contributed by atoms with Crippen LogP contribution in [0.15, 0.2) is 18.2 Å². The molecule has 1 amide bonds. The number of rotatable bonds is 6. The largest absolute Gasteiger partial charge is 0.494 e. The first kappa shape index (κ1) is 20.3. The van der Waals surface area contributed by atoms with E-state index in [0.29, 0.717) is 17.5 Å². The maximum Gasteiger partial charge on any atom is 0.236 e. The zero-order valence-corrected chi connectivity index (χ0v) is 18.0. The van der Waals surface area contributed by atoms with E-state index in [0.717, 1.165) is 53.0 Å². The number of hydrogen-bond acceptors (Lipinski definition) is 7. The molecule has 0 saturated carbocycles. The lowest BCUT2D eigenvalue weighted by Gasteiger charge is -2.35. The first-order valence-corrected chi connectivity index (χ1v) is 11.3. The number of nitrogens with one attached hydrogen (secondary N) is 1. The van der Waals surface area contributed by atoms with Gasteiger partial charge in [0.25, 0.3) is 0 Å². The van der Waals surface area contributed by atoms with Crippen molar-refractivity contribution in [2.75, 3.05) is 50.4 Å². The summed E-state index contributed by atoms with van der Waals surface area (Å²) in [7, 11) is 0. The van der Waals surface area contributed by atoms with E-state index in [1.165, 1.54) is 23.1 Å². The Bertz CT molecular complexity index is 803. The van der Waals surface area contributed by atoms with Gasteiger partial charge in [-0.05, 0) is 31.7 Å². The van der Waals surface area contributed by atoms with Gasteiger partial charge < -0.3 is 19.9 Å². The predicted molar refractivity (Wildman–Crippen MR) is 118 cm³/mol. The second-order valence-electron chi connectivity index (χ2n) is 6.11. The molecule has 0 bridgehead atoms. The summed E-state index contributed by atoms with van der Waals surface area (Å²) in [5.41, 5.74) is 0.857. The number of piperazine rings is 1. The monoisotopic (exact) mass is 424 g/mol. The van der Waals surface area contributed by atoms with Gasteiger partial charge in [-0.2, -0.15) is 0 Å².